The van der Waals surface area contributed by atoms with Crippen molar-refractivity contribution in [1.82, 2.24) is 5.32 Å². The molecule has 0 radical (unpaired) electrons. The lowest BCUT2D eigenvalue weighted by atomic mass is 10.2. The van der Waals surface area contributed by atoms with Crippen LogP contribution >= 0.6 is 24.0 Å². The van der Waals surface area contributed by atoms with Crippen molar-refractivity contribution in [2.45, 2.75) is 19.9 Å². The average Bonchev–Trinajstić information content (AvgIpc) is 2.67. The van der Waals surface area contributed by atoms with Crippen LogP contribution in [0.4, 0.5) is 0 Å². The van der Waals surface area contributed by atoms with E-state index in [1.165, 1.54) is 0 Å². The molecule has 0 spiro atoms. The molecule has 3 N–H and O–H groups in total. The van der Waals surface area contributed by atoms with E-state index in [9.17, 15) is 0 Å². The summed E-state index contributed by atoms with van der Waals surface area (Å²) in [5.41, 5.74) is 8.04. The van der Waals surface area contributed by atoms with Gasteiger partial charge in [-0.3, -0.25) is 0 Å². The van der Waals surface area contributed by atoms with Crippen molar-refractivity contribution >= 4 is 29.9 Å². The maximum atomic E-state index is 5.91. The minimum Gasteiger partial charge on any atom is -0.493 e. The number of para-hydroxylation sites is 1. The quantitative estimate of drug-likeness (QED) is 0.246. The Labute approximate surface area is 178 Å². The number of aryl methyl sites for hydroxylation is 1. The van der Waals surface area contributed by atoms with Gasteiger partial charge < -0.3 is 25.3 Å². The molecule has 0 fully saturated rings. The van der Waals surface area contributed by atoms with Gasteiger partial charge in [0.05, 0.1) is 27.4 Å². The van der Waals surface area contributed by atoms with Crippen LogP contribution in [0.3, 0.4) is 0 Å². The zero-order valence-corrected chi connectivity index (χ0v) is 18.4. The molecule has 0 bridgehead atoms. The number of methoxy groups -OCH3 is 2. The van der Waals surface area contributed by atoms with Crippen LogP contribution in [-0.2, 0) is 6.54 Å². The maximum absolute atomic E-state index is 5.91. The smallest absolute Gasteiger partial charge is 0.188 e. The van der Waals surface area contributed by atoms with Crippen LogP contribution in [-0.4, -0.2) is 33.3 Å². The third-order valence-electron chi connectivity index (χ3n) is 3.86. The second-order valence-electron chi connectivity index (χ2n) is 5.79. The molecule has 0 unspecified atom stereocenters. The van der Waals surface area contributed by atoms with Crippen molar-refractivity contribution in [3.05, 3.63) is 53.6 Å². The zero-order valence-electron chi connectivity index (χ0n) is 16.0. The Hall–Kier alpha value is -2.16. The van der Waals surface area contributed by atoms with Crippen LogP contribution in [0.1, 0.15) is 17.5 Å². The summed E-state index contributed by atoms with van der Waals surface area (Å²) in [5, 5.41) is 3.10. The summed E-state index contributed by atoms with van der Waals surface area (Å²) in [5.74, 6) is 2.71. The average molecular weight is 485 g/mol. The summed E-state index contributed by atoms with van der Waals surface area (Å²) < 4.78 is 16.3. The number of benzene rings is 2. The lowest BCUT2D eigenvalue weighted by molar-refractivity contribution is 0.309. The molecular weight excluding hydrogens is 457 g/mol. The second kappa shape index (κ2) is 12.3. The first-order chi connectivity index (χ1) is 12.6. The molecule has 2 aromatic carbocycles. The van der Waals surface area contributed by atoms with E-state index in [2.05, 4.69) is 10.3 Å². The van der Waals surface area contributed by atoms with E-state index in [0.717, 1.165) is 23.3 Å². The number of nitrogens with zero attached hydrogens (tertiary/aromatic N) is 1. The van der Waals surface area contributed by atoms with Gasteiger partial charge in [-0.2, -0.15) is 0 Å². The van der Waals surface area contributed by atoms with E-state index in [0.29, 0.717) is 37.2 Å². The van der Waals surface area contributed by atoms with Crippen molar-refractivity contribution in [3.8, 4) is 17.2 Å². The van der Waals surface area contributed by atoms with E-state index in [1.807, 2.05) is 49.4 Å². The highest BCUT2D eigenvalue weighted by molar-refractivity contribution is 14.0. The van der Waals surface area contributed by atoms with Gasteiger partial charge in [0, 0.05) is 6.54 Å². The van der Waals surface area contributed by atoms with Gasteiger partial charge >= 0.3 is 0 Å². The fourth-order valence-electron chi connectivity index (χ4n) is 2.40. The third-order valence-corrected chi connectivity index (χ3v) is 3.86. The highest BCUT2D eigenvalue weighted by Crippen LogP contribution is 2.27. The van der Waals surface area contributed by atoms with Crippen LogP contribution in [0.25, 0.3) is 0 Å². The number of guanidine groups is 1. The van der Waals surface area contributed by atoms with Gasteiger partial charge in [-0.15, -0.1) is 24.0 Å². The number of rotatable bonds is 9. The lowest BCUT2D eigenvalue weighted by Crippen LogP contribution is -2.33. The molecule has 6 nitrogen and oxygen atoms in total. The molecule has 0 saturated heterocycles. The van der Waals surface area contributed by atoms with Crippen LogP contribution in [0, 0.1) is 6.92 Å². The number of hydrogen-bond donors (Lipinski definition) is 2. The molecular formula is C20H28IN3O3. The van der Waals surface area contributed by atoms with Crippen molar-refractivity contribution in [2.75, 3.05) is 27.4 Å². The van der Waals surface area contributed by atoms with Crippen LogP contribution in [0.5, 0.6) is 17.2 Å². The second-order valence-corrected chi connectivity index (χ2v) is 5.79. The number of hydrogen-bond acceptors (Lipinski definition) is 4. The number of ether oxygens (including phenoxy) is 3. The highest BCUT2D eigenvalue weighted by Gasteiger charge is 2.04. The molecule has 0 amide bonds. The molecule has 27 heavy (non-hydrogen) atoms. The predicted octanol–water partition coefficient (Wildman–Crippen LogP) is 3.50. The van der Waals surface area contributed by atoms with Crippen molar-refractivity contribution in [2.24, 2.45) is 10.7 Å². The van der Waals surface area contributed by atoms with Gasteiger partial charge in [0.2, 0.25) is 0 Å². The largest absolute Gasteiger partial charge is 0.493 e. The summed E-state index contributed by atoms with van der Waals surface area (Å²) in [6.45, 7) is 3.83. The van der Waals surface area contributed by atoms with Crippen molar-refractivity contribution in [1.29, 1.82) is 0 Å². The van der Waals surface area contributed by atoms with Gasteiger partial charge in [-0.1, -0.05) is 24.3 Å². The molecule has 2 aromatic rings. The zero-order chi connectivity index (χ0) is 18.8. The summed E-state index contributed by atoms with van der Waals surface area (Å²) in [7, 11) is 3.22. The SMILES string of the molecule is COc1ccc(CN=C(N)NCCCOc2ccccc2C)cc1OC.I. The Balaban J connectivity index is 0.00000364. The molecule has 0 aliphatic carbocycles. The lowest BCUT2D eigenvalue weighted by Gasteiger charge is -2.10. The number of nitrogens with one attached hydrogen (secondary N) is 1. The van der Waals surface area contributed by atoms with Gasteiger partial charge in [-0.25, -0.2) is 4.99 Å². The van der Waals surface area contributed by atoms with Crippen molar-refractivity contribution in [3.63, 3.8) is 0 Å². The normalized spacial score (nSPS) is 10.7. The highest BCUT2D eigenvalue weighted by atomic mass is 127. The predicted molar refractivity (Wildman–Crippen MR) is 120 cm³/mol. The fraction of sp³-hybridized carbons (Fsp3) is 0.350. The van der Waals surface area contributed by atoms with Crippen LogP contribution in [0.2, 0.25) is 0 Å². The van der Waals surface area contributed by atoms with Gasteiger partial charge in [0.25, 0.3) is 0 Å². The minimum atomic E-state index is 0. The Morgan fingerprint density at radius 2 is 1.78 bits per heavy atom. The maximum Gasteiger partial charge on any atom is 0.188 e. The first kappa shape index (κ1) is 22.9. The van der Waals surface area contributed by atoms with Gasteiger partial charge in [0.1, 0.15) is 5.75 Å². The molecule has 2 rings (SSSR count). The van der Waals surface area contributed by atoms with Crippen LogP contribution < -0.4 is 25.3 Å². The monoisotopic (exact) mass is 485 g/mol. The Kier molecular flexibility index (Phi) is 10.4. The van der Waals surface area contributed by atoms with E-state index < -0.39 is 0 Å². The standard InChI is InChI=1S/C20H27N3O3.HI/c1-15-7-4-5-8-17(15)26-12-6-11-22-20(21)23-14-16-9-10-18(24-2)19(13-16)25-3;/h4-5,7-10,13H,6,11-12,14H2,1-3H3,(H3,21,22,23);1H. The molecule has 7 heteroatoms. The molecule has 0 saturated carbocycles. The number of aliphatic imine (C=N–C) groups is 1. The number of nitrogens with two attached hydrogens (primary N) is 1. The molecule has 0 aliphatic rings. The van der Waals surface area contributed by atoms with E-state index in [1.54, 1.807) is 14.2 Å². The summed E-state index contributed by atoms with van der Waals surface area (Å²) in [6, 6.07) is 13.7. The summed E-state index contributed by atoms with van der Waals surface area (Å²) in [4.78, 5) is 4.34. The molecule has 0 atom stereocenters. The first-order valence-corrected chi connectivity index (χ1v) is 8.57. The first-order valence-electron chi connectivity index (χ1n) is 8.57. The third kappa shape index (κ3) is 7.54. The van der Waals surface area contributed by atoms with Gasteiger partial charge in [0.15, 0.2) is 17.5 Å². The van der Waals surface area contributed by atoms with E-state index >= 15 is 0 Å². The van der Waals surface area contributed by atoms with Crippen LogP contribution in [0.15, 0.2) is 47.5 Å². The Bertz CT molecular complexity index is 738. The van der Waals surface area contributed by atoms with E-state index in [-0.39, 0.29) is 24.0 Å². The van der Waals surface area contributed by atoms with E-state index in [4.69, 9.17) is 19.9 Å². The topological polar surface area (TPSA) is 78.1 Å². The number of halogens is 1. The molecule has 148 valence electrons. The Morgan fingerprint density at radius 1 is 1.04 bits per heavy atom. The Morgan fingerprint density at radius 3 is 2.48 bits per heavy atom. The van der Waals surface area contributed by atoms with Gasteiger partial charge in [-0.05, 0) is 42.7 Å². The summed E-state index contributed by atoms with van der Waals surface area (Å²) >= 11 is 0. The molecule has 0 aliphatic heterocycles. The fourth-order valence-corrected chi connectivity index (χ4v) is 2.40. The summed E-state index contributed by atoms with van der Waals surface area (Å²) in [6.07, 6.45) is 0.834. The molecule has 0 aromatic heterocycles. The van der Waals surface area contributed by atoms with Crippen molar-refractivity contribution < 1.29 is 14.2 Å². The minimum absolute atomic E-state index is 0. The molecule has 0 heterocycles.